The summed E-state index contributed by atoms with van der Waals surface area (Å²) in [6.45, 7) is 6.32. The molecule has 0 unspecified atom stereocenters. The lowest BCUT2D eigenvalue weighted by Crippen LogP contribution is -2.44. The van der Waals surface area contributed by atoms with Gasteiger partial charge in [0.05, 0.1) is 18.3 Å². The Morgan fingerprint density at radius 3 is 2.50 bits per heavy atom. The van der Waals surface area contributed by atoms with E-state index in [1.54, 1.807) is 12.0 Å². The van der Waals surface area contributed by atoms with E-state index >= 15 is 0 Å². The molecule has 2 atom stereocenters. The zero-order valence-corrected chi connectivity index (χ0v) is 22.6. The van der Waals surface area contributed by atoms with Crippen molar-refractivity contribution >= 4 is 28.2 Å². The van der Waals surface area contributed by atoms with Crippen LogP contribution in [-0.2, 0) is 4.79 Å². The van der Waals surface area contributed by atoms with Gasteiger partial charge in [-0.3, -0.25) is 9.89 Å². The number of H-pyrrole nitrogens is 1. The molecule has 1 aliphatic carbocycles. The van der Waals surface area contributed by atoms with E-state index in [1.807, 2.05) is 32.2 Å². The molecular weight excluding hydrogens is 474 g/mol. The molecule has 1 saturated heterocycles. The summed E-state index contributed by atoms with van der Waals surface area (Å²) >= 11 is 0. The summed E-state index contributed by atoms with van der Waals surface area (Å²) in [6.07, 6.45) is 0.874. The monoisotopic (exact) mass is 509 g/mol. The Hall–Kier alpha value is -3.84. The quantitative estimate of drug-likeness (QED) is 0.393. The number of amides is 1. The molecule has 3 aromatic carbocycles. The highest BCUT2D eigenvalue weighted by Crippen LogP contribution is 2.49. The Labute approximate surface area is 224 Å². The van der Waals surface area contributed by atoms with Crippen LogP contribution in [0.2, 0.25) is 0 Å². The van der Waals surface area contributed by atoms with Crippen molar-refractivity contribution in [3.63, 3.8) is 0 Å². The summed E-state index contributed by atoms with van der Waals surface area (Å²) in [4.78, 5) is 19.9. The number of piperazine rings is 1. The predicted octanol–water partition coefficient (Wildman–Crippen LogP) is 5.07. The van der Waals surface area contributed by atoms with Crippen molar-refractivity contribution in [2.75, 3.05) is 57.2 Å². The van der Waals surface area contributed by atoms with Crippen molar-refractivity contribution in [2.24, 2.45) is 5.92 Å². The first kappa shape index (κ1) is 24.5. The van der Waals surface area contributed by atoms with E-state index < -0.39 is 0 Å². The fourth-order valence-electron chi connectivity index (χ4n) is 5.72. The van der Waals surface area contributed by atoms with E-state index in [0.29, 0.717) is 0 Å². The Kier molecular flexibility index (Phi) is 6.32. The number of nitrogens with zero attached hydrogens (tertiary/aromatic N) is 4. The fraction of sp³-hybridized carbons (Fsp3) is 0.355. The SMILES string of the molecule is COc1ccc(N(C)C(=O)[C@@H]2C[C@H]2c2ccc3c(-c4ccc(N5CCN(C)CC5)cc4)n[nH]c3c2)c(C)c1. The molecule has 1 aliphatic heterocycles. The molecule has 0 bridgehead atoms. The fourth-order valence-corrected chi connectivity index (χ4v) is 5.72. The number of nitrogens with one attached hydrogen (secondary N) is 1. The van der Waals surface area contributed by atoms with Crippen molar-refractivity contribution in [3.05, 3.63) is 71.8 Å². The third-order valence-electron chi connectivity index (χ3n) is 8.23. The van der Waals surface area contributed by atoms with Crippen molar-refractivity contribution in [2.45, 2.75) is 19.3 Å². The first-order chi connectivity index (χ1) is 18.4. The third-order valence-corrected chi connectivity index (χ3v) is 8.23. The Balaban J connectivity index is 1.16. The number of ether oxygens (including phenoxy) is 1. The van der Waals surface area contributed by atoms with Gasteiger partial charge in [-0.25, -0.2) is 0 Å². The molecule has 0 radical (unpaired) electrons. The zero-order valence-electron chi connectivity index (χ0n) is 22.6. The lowest BCUT2D eigenvalue weighted by atomic mass is 10.0. The van der Waals surface area contributed by atoms with Gasteiger partial charge in [-0.05, 0) is 73.8 Å². The van der Waals surface area contributed by atoms with Gasteiger partial charge in [0.1, 0.15) is 5.75 Å². The van der Waals surface area contributed by atoms with Crippen LogP contribution in [-0.4, -0.2) is 68.4 Å². The average Bonchev–Trinajstić information content (AvgIpc) is 3.64. The zero-order chi connectivity index (χ0) is 26.4. The number of carbonyl (C=O) groups is 1. The Morgan fingerprint density at radius 2 is 1.79 bits per heavy atom. The molecule has 196 valence electrons. The van der Waals surface area contributed by atoms with Crippen LogP contribution in [0, 0.1) is 12.8 Å². The lowest BCUT2D eigenvalue weighted by molar-refractivity contribution is -0.119. The maximum Gasteiger partial charge on any atom is 0.230 e. The van der Waals surface area contributed by atoms with Crippen LogP contribution in [0.5, 0.6) is 5.75 Å². The molecular formula is C31H35N5O2. The van der Waals surface area contributed by atoms with Gasteiger partial charge in [-0.15, -0.1) is 0 Å². The molecule has 2 heterocycles. The summed E-state index contributed by atoms with van der Waals surface area (Å²) in [7, 11) is 5.70. The second-order valence-electron chi connectivity index (χ2n) is 10.7. The van der Waals surface area contributed by atoms with Crippen LogP contribution in [0.15, 0.2) is 60.7 Å². The number of aromatic nitrogens is 2. The normalized spacial score (nSPS) is 19.5. The van der Waals surface area contributed by atoms with Crippen LogP contribution < -0.4 is 14.5 Å². The van der Waals surface area contributed by atoms with Crippen molar-refractivity contribution < 1.29 is 9.53 Å². The summed E-state index contributed by atoms with van der Waals surface area (Å²) in [5.41, 5.74) is 7.50. The van der Waals surface area contributed by atoms with Crippen LogP contribution in [0.3, 0.4) is 0 Å². The van der Waals surface area contributed by atoms with E-state index in [-0.39, 0.29) is 17.7 Å². The molecule has 2 aliphatic rings. The predicted molar refractivity (Wildman–Crippen MR) is 153 cm³/mol. The number of hydrogen-bond donors (Lipinski definition) is 1. The smallest absolute Gasteiger partial charge is 0.230 e. The minimum absolute atomic E-state index is 0.00321. The highest BCUT2D eigenvalue weighted by atomic mass is 16.5. The van der Waals surface area contributed by atoms with E-state index in [2.05, 4.69) is 69.5 Å². The molecule has 38 heavy (non-hydrogen) atoms. The number of anilines is 2. The van der Waals surface area contributed by atoms with E-state index in [4.69, 9.17) is 4.74 Å². The number of fused-ring (bicyclic) bond motifs is 1. The summed E-state index contributed by atoms with van der Waals surface area (Å²) in [5, 5.41) is 8.99. The molecule has 4 aromatic rings. The van der Waals surface area contributed by atoms with Crippen LogP contribution in [0.1, 0.15) is 23.5 Å². The number of carbonyl (C=O) groups excluding carboxylic acids is 1. The van der Waals surface area contributed by atoms with E-state index in [9.17, 15) is 4.79 Å². The third kappa shape index (κ3) is 4.52. The molecule has 2 fully saturated rings. The number of rotatable bonds is 6. The van der Waals surface area contributed by atoms with E-state index in [0.717, 1.165) is 71.8 Å². The van der Waals surface area contributed by atoms with Crippen molar-refractivity contribution in [3.8, 4) is 17.0 Å². The topological polar surface area (TPSA) is 64.7 Å². The molecule has 7 nitrogen and oxygen atoms in total. The molecule has 0 spiro atoms. The second-order valence-corrected chi connectivity index (χ2v) is 10.7. The minimum Gasteiger partial charge on any atom is -0.497 e. The highest BCUT2D eigenvalue weighted by molar-refractivity contribution is 5.98. The number of aromatic amines is 1. The summed E-state index contributed by atoms with van der Waals surface area (Å²) in [6, 6.07) is 21.1. The molecule has 7 heteroatoms. The lowest BCUT2D eigenvalue weighted by Gasteiger charge is -2.34. The summed E-state index contributed by atoms with van der Waals surface area (Å²) in [5.74, 6) is 1.20. The molecule has 1 saturated carbocycles. The van der Waals surface area contributed by atoms with Crippen molar-refractivity contribution in [1.82, 2.24) is 15.1 Å². The van der Waals surface area contributed by atoms with E-state index in [1.165, 1.54) is 11.3 Å². The van der Waals surface area contributed by atoms with Gasteiger partial charge in [-0.1, -0.05) is 24.3 Å². The Morgan fingerprint density at radius 1 is 1.03 bits per heavy atom. The average molecular weight is 510 g/mol. The number of hydrogen-bond acceptors (Lipinski definition) is 5. The molecule has 1 amide bonds. The highest BCUT2D eigenvalue weighted by Gasteiger charge is 2.45. The number of benzene rings is 3. The minimum atomic E-state index is 0.00321. The van der Waals surface area contributed by atoms with Crippen LogP contribution in [0.25, 0.3) is 22.2 Å². The van der Waals surface area contributed by atoms with Gasteiger partial charge < -0.3 is 19.4 Å². The maximum absolute atomic E-state index is 13.3. The molecule has 1 N–H and O–H groups in total. The van der Waals surface area contributed by atoms with Crippen LogP contribution in [0.4, 0.5) is 11.4 Å². The van der Waals surface area contributed by atoms with Gasteiger partial charge in [0.15, 0.2) is 0 Å². The number of aryl methyl sites for hydroxylation is 1. The van der Waals surface area contributed by atoms with Crippen molar-refractivity contribution in [1.29, 1.82) is 0 Å². The summed E-state index contributed by atoms with van der Waals surface area (Å²) < 4.78 is 5.31. The number of methoxy groups -OCH3 is 1. The largest absolute Gasteiger partial charge is 0.497 e. The van der Waals surface area contributed by atoms with Gasteiger partial charge in [-0.2, -0.15) is 5.10 Å². The Bertz CT molecular complexity index is 1470. The van der Waals surface area contributed by atoms with Gasteiger partial charge in [0, 0.05) is 61.5 Å². The maximum atomic E-state index is 13.3. The molecule has 6 rings (SSSR count). The van der Waals surface area contributed by atoms with Gasteiger partial charge in [0.2, 0.25) is 5.91 Å². The standard InChI is InChI=1S/C31H35N5O2/c1-20-17-24(38-4)10-12-29(20)35(3)31(37)27-19-26(27)22-7-11-25-28(18-22)32-33-30(25)21-5-8-23(9-6-21)36-15-13-34(2)14-16-36/h5-12,17-18,26-27H,13-16,19H2,1-4H3,(H,32,33)/t26-,27+/m0/s1. The van der Waals surface area contributed by atoms with Crippen LogP contribution >= 0.6 is 0 Å². The number of likely N-dealkylation sites (N-methyl/N-ethyl adjacent to an activating group) is 1. The van der Waals surface area contributed by atoms with Gasteiger partial charge in [0.25, 0.3) is 0 Å². The first-order valence-electron chi connectivity index (χ1n) is 13.4. The second kappa shape index (κ2) is 9.80. The molecule has 1 aromatic heterocycles. The van der Waals surface area contributed by atoms with Gasteiger partial charge >= 0.3 is 0 Å². The first-order valence-corrected chi connectivity index (χ1v) is 13.4.